The molecule has 1 aromatic carbocycles. The smallest absolute Gasteiger partial charge is 0.242 e. The molecule has 134 valence electrons. The maximum absolute atomic E-state index is 12.9. The zero-order valence-corrected chi connectivity index (χ0v) is 14.9. The van der Waals surface area contributed by atoms with Crippen LogP contribution in [0.25, 0.3) is 0 Å². The number of hydrogen-bond donors (Lipinski definition) is 0. The van der Waals surface area contributed by atoms with Crippen molar-refractivity contribution >= 4 is 29.6 Å². The van der Waals surface area contributed by atoms with E-state index in [2.05, 4.69) is 6.92 Å². The van der Waals surface area contributed by atoms with Gasteiger partial charge in [-0.3, -0.25) is 14.4 Å². The van der Waals surface area contributed by atoms with Crippen molar-refractivity contribution in [2.45, 2.75) is 26.7 Å². The molecule has 2 aliphatic rings. The first-order chi connectivity index (χ1) is 12.0. The Morgan fingerprint density at radius 3 is 2.44 bits per heavy atom. The molecule has 1 saturated heterocycles. The molecule has 2 aliphatic heterocycles. The molecule has 6 nitrogen and oxygen atoms in total. The molecule has 0 radical (unpaired) electrons. The fourth-order valence-electron chi connectivity index (χ4n) is 3.55. The van der Waals surface area contributed by atoms with E-state index in [4.69, 9.17) is 0 Å². The number of likely N-dealkylation sites (tertiary alicyclic amines) is 1. The lowest BCUT2D eigenvalue weighted by atomic mass is 9.99. The molecule has 25 heavy (non-hydrogen) atoms. The van der Waals surface area contributed by atoms with E-state index in [-0.39, 0.29) is 24.3 Å². The fraction of sp³-hybridized carbons (Fsp3) is 0.526. The summed E-state index contributed by atoms with van der Waals surface area (Å²) >= 11 is 0. The molecular weight excluding hydrogens is 318 g/mol. The molecule has 2 heterocycles. The van der Waals surface area contributed by atoms with Gasteiger partial charge in [0.1, 0.15) is 6.54 Å². The summed E-state index contributed by atoms with van der Waals surface area (Å²) in [6.07, 6.45) is 2.76. The standard InChI is InChI=1S/C19H25N3O3/c1-14-7-9-20(10-8-14)18(24)12-22-17-6-4-3-5-16(17)21(13-23)11-15(2)19(22)25/h3-6,13-15H,7-12H2,1-2H3. The van der Waals surface area contributed by atoms with Gasteiger partial charge >= 0.3 is 0 Å². The van der Waals surface area contributed by atoms with Crippen LogP contribution in [0.15, 0.2) is 24.3 Å². The zero-order chi connectivity index (χ0) is 18.0. The summed E-state index contributed by atoms with van der Waals surface area (Å²) in [5, 5.41) is 0. The van der Waals surface area contributed by atoms with Crippen LogP contribution in [0.1, 0.15) is 26.7 Å². The highest BCUT2D eigenvalue weighted by Crippen LogP contribution is 2.33. The number of amides is 3. The second-order valence-electron chi connectivity index (χ2n) is 7.14. The minimum atomic E-state index is -0.355. The average Bonchev–Trinajstić information content (AvgIpc) is 2.72. The van der Waals surface area contributed by atoms with E-state index in [0.717, 1.165) is 32.3 Å². The largest absolute Gasteiger partial charge is 0.341 e. The van der Waals surface area contributed by atoms with E-state index in [1.165, 1.54) is 0 Å². The van der Waals surface area contributed by atoms with Crippen molar-refractivity contribution in [3.8, 4) is 0 Å². The third-order valence-electron chi connectivity index (χ3n) is 5.20. The van der Waals surface area contributed by atoms with E-state index >= 15 is 0 Å². The van der Waals surface area contributed by atoms with Gasteiger partial charge in [-0.1, -0.05) is 26.0 Å². The lowest BCUT2D eigenvalue weighted by molar-refractivity contribution is -0.133. The summed E-state index contributed by atoms with van der Waals surface area (Å²) in [6, 6.07) is 7.27. The predicted octanol–water partition coefficient (Wildman–Crippen LogP) is 1.89. The highest BCUT2D eigenvalue weighted by Gasteiger charge is 2.33. The Morgan fingerprint density at radius 2 is 1.80 bits per heavy atom. The van der Waals surface area contributed by atoms with Crippen molar-refractivity contribution in [2.24, 2.45) is 11.8 Å². The van der Waals surface area contributed by atoms with E-state index in [0.29, 0.717) is 23.8 Å². The van der Waals surface area contributed by atoms with Crippen LogP contribution in [-0.4, -0.2) is 49.3 Å². The number of piperidine rings is 1. The second-order valence-corrected chi connectivity index (χ2v) is 7.14. The van der Waals surface area contributed by atoms with Crippen LogP contribution in [0, 0.1) is 11.8 Å². The maximum atomic E-state index is 12.9. The van der Waals surface area contributed by atoms with Gasteiger partial charge in [-0.05, 0) is 30.9 Å². The summed E-state index contributed by atoms with van der Waals surface area (Å²) in [5.74, 6) is 0.148. The Balaban J connectivity index is 1.86. The summed E-state index contributed by atoms with van der Waals surface area (Å²) in [7, 11) is 0. The first kappa shape index (κ1) is 17.5. The van der Waals surface area contributed by atoms with E-state index < -0.39 is 0 Å². The molecule has 0 bridgehead atoms. The molecule has 1 unspecified atom stereocenters. The molecule has 1 aromatic rings. The minimum absolute atomic E-state index is 0.0261. The highest BCUT2D eigenvalue weighted by atomic mass is 16.2. The molecule has 1 fully saturated rings. The number of hydrogen-bond acceptors (Lipinski definition) is 3. The molecule has 0 spiro atoms. The molecule has 1 atom stereocenters. The topological polar surface area (TPSA) is 60.9 Å². The number of para-hydroxylation sites is 2. The molecule has 6 heteroatoms. The molecule has 3 rings (SSSR count). The van der Waals surface area contributed by atoms with Gasteiger partial charge in [-0.25, -0.2) is 0 Å². The van der Waals surface area contributed by atoms with Crippen LogP contribution < -0.4 is 9.80 Å². The van der Waals surface area contributed by atoms with Gasteiger partial charge in [-0.15, -0.1) is 0 Å². The van der Waals surface area contributed by atoms with Crippen LogP contribution in [0.3, 0.4) is 0 Å². The van der Waals surface area contributed by atoms with Gasteiger partial charge < -0.3 is 14.7 Å². The molecule has 0 aliphatic carbocycles. The Kier molecular flexibility index (Phi) is 5.06. The van der Waals surface area contributed by atoms with Crippen LogP contribution in [0.4, 0.5) is 11.4 Å². The number of carbonyl (C=O) groups is 3. The van der Waals surface area contributed by atoms with Crippen molar-refractivity contribution < 1.29 is 14.4 Å². The van der Waals surface area contributed by atoms with Crippen molar-refractivity contribution in [3.05, 3.63) is 24.3 Å². The third-order valence-corrected chi connectivity index (χ3v) is 5.20. The highest BCUT2D eigenvalue weighted by molar-refractivity contribution is 6.05. The van der Waals surface area contributed by atoms with Crippen molar-refractivity contribution in [2.75, 3.05) is 36.0 Å². The maximum Gasteiger partial charge on any atom is 0.242 e. The van der Waals surface area contributed by atoms with E-state index in [1.807, 2.05) is 23.1 Å². The molecular formula is C19H25N3O3. The summed E-state index contributed by atoms with van der Waals surface area (Å²) < 4.78 is 0. The molecule has 0 aromatic heterocycles. The van der Waals surface area contributed by atoms with E-state index in [1.54, 1.807) is 22.8 Å². The normalized spacial score (nSPS) is 21.8. The van der Waals surface area contributed by atoms with Crippen LogP contribution >= 0.6 is 0 Å². The van der Waals surface area contributed by atoms with Crippen molar-refractivity contribution in [1.29, 1.82) is 0 Å². The zero-order valence-electron chi connectivity index (χ0n) is 14.9. The quantitative estimate of drug-likeness (QED) is 0.788. The predicted molar refractivity (Wildman–Crippen MR) is 96.3 cm³/mol. The Bertz CT molecular complexity index is 668. The number of anilines is 2. The van der Waals surface area contributed by atoms with Gasteiger partial charge in [0.05, 0.1) is 17.3 Å². The van der Waals surface area contributed by atoms with Crippen molar-refractivity contribution in [3.63, 3.8) is 0 Å². The summed E-state index contributed by atoms with van der Waals surface area (Å²) in [5.41, 5.74) is 1.30. The van der Waals surface area contributed by atoms with Crippen LogP contribution in [0.5, 0.6) is 0 Å². The van der Waals surface area contributed by atoms with Crippen molar-refractivity contribution in [1.82, 2.24) is 4.90 Å². The Hall–Kier alpha value is -2.37. The Labute approximate surface area is 148 Å². The van der Waals surface area contributed by atoms with Gasteiger partial charge in [0.2, 0.25) is 18.2 Å². The summed E-state index contributed by atoms with van der Waals surface area (Å²) in [6.45, 7) is 5.85. The monoisotopic (exact) mass is 343 g/mol. The number of nitrogens with zero attached hydrogens (tertiary/aromatic N) is 3. The lowest BCUT2D eigenvalue weighted by Gasteiger charge is -2.32. The molecule has 0 saturated carbocycles. The number of carbonyl (C=O) groups excluding carboxylic acids is 3. The van der Waals surface area contributed by atoms with E-state index in [9.17, 15) is 14.4 Å². The SMILES string of the molecule is CC1CCN(C(=O)CN2C(=O)C(C)CN(C=O)c3ccccc32)CC1. The van der Waals surface area contributed by atoms with Gasteiger partial charge in [-0.2, -0.15) is 0 Å². The first-order valence-electron chi connectivity index (χ1n) is 8.91. The van der Waals surface area contributed by atoms with Crippen LogP contribution in [-0.2, 0) is 14.4 Å². The summed E-state index contributed by atoms with van der Waals surface area (Å²) in [4.78, 5) is 42.0. The lowest BCUT2D eigenvalue weighted by Crippen LogP contribution is -2.47. The van der Waals surface area contributed by atoms with Gasteiger partial charge in [0.15, 0.2) is 0 Å². The molecule has 3 amide bonds. The fourth-order valence-corrected chi connectivity index (χ4v) is 3.55. The number of benzene rings is 1. The number of fused-ring (bicyclic) bond motifs is 1. The van der Waals surface area contributed by atoms with Crippen LogP contribution in [0.2, 0.25) is 0 Å². The average molecular weight is 343 g/mol. The second kappa shape index (κ2) is 7.25. The minimum Gasteiger partial charge on any atom is -0.341 e. The van der Waals surface area contributed by atoms with Gasteiger partial charge in [0.25, 0.3) is 0 Å². The molecule has 0 N–H and O–H groups in total. The third kappa shape index (κ3) is 3.52. The Morgan fingerprint density at radius 1 is 1.16 bits per heavy atom. The first-order valence-corrected chi connectivity index (χ1v) is 8.91. The number of rotatable bonds is 3. The van der Waals surface area contributed by atoms with Gasteiger partial charge in [0, 0.05) is 19.6 Å².